The zero-order chi connectivity index (χ0) is 11.4. The fourth-order valence-electron chi connectivity index (χ4n) is 1.70. The molecule has 1 atom stereocenters. The van der Waals surface area contributed by atoms with E-state index in [-0.39, 0.29) is 17.7 Å². The summed E-state index contributed by atoms with van der Waals surface area (Å²) in [6.07, 6.45) is 5.16. The first kappa shape index (κ1) is 11.7. The van der Waals surface area contributed by atoms with Crippen molar-refractivity contribution in [1.82, 2.24) is 0 Å². The third-order valence-electron chi connectivity index (χ3n) is 2.51. The molecule has 1 aliphatic rings. The number of carbonyl (C=O) groups is 2. The van der Waals surface area contributed by atoms with Crippen LogP contribution in [0, 0.1) is 5.92 Å². The van der Waals surface area contributed by atoms with Crippen LogP contribution in [0.2, 0.25) is 0 Å². The normalized spacial score (nSPS) is 21.5. The van der Waals surface area contributed by atoms with Crippen LogP contribution in [0.15, 0.2) is 23.5 Å². The molecule has 15 heavy (non-hydrogen) atoms. The van der Waals surface area contributed by atoms with Gasteiger partial charge in [-0.1, -0.05) is 12.2 Å². The van der Waals surface area contributed by atoms with E-state index in [1.165, 1.54) is 6.92 Å². The molecular formula is C12H16O3. The fraction of sp³-hybridized carbons (Fsp3) is 0.500. The summed E-state index contributed by atoms with van der Waals surface area (Å²) in [6, 6.07) is 0. The summed E-state index contributed by atoms with van der Waals surface area (Å²) in [4.78, 5) is 22.5. The zero-order valence-corrected chi connectivity index (χ0v) is 9.37. The van der Waals surface area contributed by atoms with Gasteiger partial charge in [-0.2, -0.15) is 0 Å². The molecule has 3 nitrogen and oxygen atoms in total. The smallest absolute Gasteiger partial charge is 0.307 e. The minimum absolute atomic E-state index is 0.0458. The maximum absolute atomic E-state index is 11.7. The molecule has 1 rings (SSSR count). The van der Waals surface area contributed by atoms with Gasteiger partial charge < -0.3 is 4.74 Å². The first-order valence-electron chi connectivity index (χ1n) is 5.09. The van der Waals surface area contributed by atoms with Crippen LogP contribution in [0.3, 0.4) is 0 Å². The number of ketones is 1. The zero-order valence-electron chi connectivity index (χ0n) is 9.37. The van der Waals surface area contributed by atoms with Gasteiger partial charge in [-0.15, -0.1) is 0 Å². The van der Waals surface area contributed by atoms with Gasteiger partial charge in [0.2, 0.25) is 0 Å². The van der Waals surface area contributed by atoms with E-state index in [2.05, 4.69) is 0 Å². The van der Waals surface area contributed by atoms with Crippen molar-refractivity contribution in [3.8, 4) is 0 Å². The number of Topliss-reactive ketones (excluding diaryl/α,β-unsaturated/α-hetero) is 1. The van der Waals surface area contributed by atoms with E-state index in [1.807, 2.05) is 19.1 Å². The predicted molar refractivity (Wildman–Crippen MR) is 57.0 cm³/mol. The average Bonchev–Trinajstić information content (AvgIpc) is 2.42. The second-order valence-corrected chi connectivity index (χ2v) is 3.71. The lowest BCUT2D eigenvalue weighted by atomic mass is 10.0. The van der Waals surface area contributed by atoms with Crippen molar-refractivity contribution >= 4 is 11.8 Å². The summed E-state index contributed by atoms with van der Waals surface area (Å²) < 4.78 is 5.00. The number of rotatable bonds is 3. The molecule has 0 bridgehead atoms. The molecule has 0 amide bonds. The lowest BCUT2D eigenvalue weighted by Gasteiger charge is -2.04. The Balaban J connectivity index is 2.69. The quantitative estimate of drug-likeness (QED) is 0.528. The van der Waals surface area contributed by atoms with E-state index >= 15 is 0 Å². The number of ether oxygens (including phenoxy) is 1. The van der Waals surface area contributed by atoms with Crippen LogP contribution < -0.4 is 0 Å². The van der Waals surface area contributed by atoms with Crippen molar-refractivity contribution in [3.63, 3.8) is 0 Å². The molecule has 82 valence electrons. The Hall–Kier alpha value is -1.38. The molecule has 0 radical (unpaired) electrons. The minimum atomic E-state index is -0.358. The van der Waals surface area contributed by atoms with E-state index in [0.717, 1.165) is 6.42 Å². The minimum Gasteiger partial charge on any atom is -0.431 e. The van der Waals surface area contributed by atoms with Gasteiger partial charge in [-0.3, -0.25) is 9.59 Å². The number of carbonyl (C=O) groups excluding carboxylic acids is 2. The van der Waals surface area contributed by atoms with Crippen LogP contribution in [0.1, 0.15) is 33.6 Å². The monoisotopic (exact) mass is 208 g/mol. The van der Waals surface area contributed by atoms with Crippen LogP contribution in [-0.2, 0) is 14.3 Å². The first-order chi connectivity index (χ1) is 7.06. The second-order valence-electron chi connectivity index (χ2n) is 3.71. The van der Waals surface area contributed by atoms with Crippen molar-refractivity contribution in [2.45, 2.75) is 33.6 Å². The van der Waals surface area contributed by atoms with Gasteiger partial charge in [0.1, 0.15) is 5.76 Å². The van der Waals surface area contributed by atoms with E-state index in [4.69, 9.17) is 4.74 Å². The van der Waals surface area contributed by atoms with Crippen molar-refractivity contribution in [2.24, 2.45) is 5.92 Å². The molecule has 0 saturated heterocycles. The molecule has 0 aliphatic heterocycles. The molecule has 0 fully saturated rings. The van der Waals surface area contributed by atoms with Gasteiger partial charge in [0.25, 0.3) is 0 Å². The van der Waals surface area contributed by atoms with Crippen molar-refractivity contribution in [2.75, 3.05) is 0 Å². The molecule has 0 aromatic rings. The Bertz CT molecular complexity index is 337. The van der Waals surface area contributed by atoms with Crippen LogP contribution in [0.25, 0.3) is 0 Å². The van der Waals surface area contributed by atoms with Gasteiger partial charge >= 0.3 is 5.97 Å². The lowest BCUT2D eigenvalue weighted by Crippen LogP contribution is -2.07. The van der Waals surface area contributed by atoms with Crippen molar-refractivity contribution < 1.29 is 14.3 Å². The maximum atomic E-state index is 11.7. The van der Waals surface area contributed by atoms with E-state index < -0.39 is 0 Å². The average molecular weight is 208 g/mol. The molecule has 0 saturated carbocycles. The summed E-state index contributed by atoms with van der Waals surface area (Å²) >= 11 is 0. The summed E-state index contributed by atoms with van der Waals surface area (Å²) in [5.41, 5.74) is 0.597. The van der Waals surface area contributed by atoms with Crippen molar-refractivity contribution in [3.05, 3.63) is 23.5 Å². The number of allylic oxidation sites excluding steroid dienone is 4. The van der Waals surface area contributed by atoms with E-state index in [9.17, 15) is 9.59 Å². The highest BCUT2D eigenvalue weighted by molar-refractivity contribution is 6.00. The fourth-order valence-corrected chi connectivity index (χ4v) is 1.70. The Morgan fingerprint density at radius 3 is 2.80 bits per heavy atom. The Labute approximate surface area is 89.8 Å². The van der Waals surface area contributed by atoms with Crippen molar-refractivity contribution in [1.29, 1.82) is 0 Å². The predicted octanol–water partition coefficient (Wildman–Crippen LogP) is 2.38. The largest absolute Gasteiger partial charge is 0.431 e. The van der Waals surface area contributed by atoms with Crippen LogP contribution >= 0.6 is 0 Å². The maximum Gasteiger partial charge on any atom is 0.307 e. The number of hydrogen-bond donors (Lipinski definition) is 0. The summed E-state index contributed by atoms with van der Waals surface area (Å²) in [5.74, 6) is 0.241. The van der Waals surface area contributed by atoms with E-state index in [1.54, 1.807) is 6.92 Å². The first-order valence-corrected chi connectivity index (χ1v) is 5.09. The molecule has 1 unspecified atom stereocenters. The van der Waals surface area contributed by atoms with E-state index in [0.29, 0.717) is 17.8 Å². The van der Waals surface area contributed by atoms with Gasteiger partial charge in [-0.25, -0.2) is 0 Å². The molecule has 0 N–H and O–H groups in total. The highest BCUT2D eigenvalue weighted by Crippen LogP contribution is 2.31. The lowest BCUT2D eigenvalue weighted by molar-refractivity contribution is -0.137. The number of hydrogen-bond acceptors (Lipinski definition) is 3. The Kier molecular flexibility index (Phi) is 3.83. The number of esters is 1. The van der Waals surface area contributed by atoms with Gasteiger partial charge in [0.05, 0.1) is 0 Å². The standard InChI is InChI=1S/C12H16O3/c1-4-5-6-10-7-11(15-9(3)13)8(2)12(10)14/h4-5,10H,6-7H2,1-3H3/b5-4+. The molecule has 0 spiro atoms. The third-order valence-corrected chi connectivity index (χ3v) is 2.51. The van der Waals surface area contributed by atoms with Gasteiger partial charge in [0.15, 0.2) is 5.78 Å². The topological polar surface area (TPSA) is 43.4 Å². The molecule has 0 aromatic heterocycles. The van der Waals surface area contributed by atoms with Crippen LogP contribution in [0.4, 0.5) is 0 Å². The molecular weight excluding hydrogens is 192 g/mol. The molecule has 1 aliphatic carbocycles. The summed E-state index contributed by atoms with van der Waals surface area (Å²) in [6.45, 7) is 4.99. The van der Waals surface area contributed by atoms with Gasteiger partial charge in [-0.05, 0) is 20.3 Å². The Morgan fingerprint density at radius 1 is 1.60 bits per heavy atom. The SMILES string of the molecule is C/C=C/CC1CC(OC(C)=O)=C(C)C1=O. The van der Waals surface area contributed by atoms with Gasteiger partial charge in [0, 0.05) is 24.8 Å². The van der Waals surface area contributed by atoms with Crippen LogP contribution in [-0.4, -0.2) is 11.8 Å². The Morgan fingerprint density at radius 2 is 2.27 bits per heavy atom. The summed E-state index contributed by atoms with van der Waals surface area (Å²) in [7, 11) is 0. The molecule has 0 aromatic carbocycles. The highest BCUT2D eigenvalue weighted by atomic mass is 16.5. The highest BCUT2D eigenvalue weighted by Gasteiger charge is 2.31. The molecule has 3 heteroatoms. The second kappa shape index (κ2) is 4.91. The molecule has 0 heterocycles. The summed E-state index contributed by atoms with van der Waals surface area (Å²) in [5, 5.41) is 0. The third kappa shape index (κ3) is 2.78. The van der Waals surface area contributed by atoms with Crippen LogP contribution in [0.5, 0.6) is 0 Å².